The number of nitrogens with one attached hydrogen (secondary N) is 1. The van der Waals surface area contributed by atoms with Crippen molar-refractivity contribution in [2.24, 2.45) is 0 Å². The molecule has 0 amide bonds. The normalized spacial score (nSPS) is 18.8. The van der Waals surface area contributed by atoms with Gasteiger partial charge in [-0.2, -0.15) is 5.26 Å². The van der Waals surface area contributed by atoms with Crippen molar-refractivity contribution in [3.63, 3.8) is 0 Å². The van der Waals surface area contributed by atoms with Gasteiger partial charge in [-0.3, -0.25) is 14.6 Å². The van der Waals surface area contributed by atoms with Crippen LogP contribution in [0.5, 0.6) is 11.6 Å². The number of nitriles is 1. The predicted octanol–water partition coefficient (Wildman–Crippen LogP) is 4.20. The van der Waals surface area contributed by atoms with E-state index < -0.39 is 0 Å². The summed E-state index contributed by atoms with van der Waals surface area (Å²) < 4.78 is 21.5. The summed E-state index contributed by atoms with van der Waals surface area (Å²) in [6, 6.07) is 14.2. The van der Waals surface area contributed by atoms with Crippen LogP contribution in [0.25, 0.3) is 11.1 Å². The van der Waals surface area contributed by atoms with Gasteiger partial charge in [0.05, 0.1) is 43.3 Å². The standard InChI is InChI=1S/C34H38N12O3/c1-24(20-45-23-39-42-43-45)49-32-16-25(5-6-26(32)17-35)27-18-37-34(38-19-27)40-31-21-46(41-33(31)48-22-28-4-2-3-11-36-28)30-9-7-29(8-10-30)44-12-14-47-15-13-44/h2-6,11,16,18-19,21,23-24,29-30H,7-10,12-15,20,22H2,1H3,(H,37,38,40)/t24-,29-,30-/m0/s1. The molecule has 2 aliphatic rings. The van der Waals surface area contributed by atoms with Gasteiger partial charge in [0.2, 0.25) is 5.95 Å². The molecule has 49 heavy (non-hydrogen) atoms. The van der Waals surface area contributed by atoms with E-state index in [9.17, 15) is 5.26 Å². The van der Waals surface area contributed by atoms with Crippen molar-refractivity contribution >= 4 is 11.6 Å². The van der Waals surface area contributed by atoms with Gasteiger partial charge in [-0.05, 0) is 72.9 Å². The summed E-state index contributed by atoms with van der Waals surface area (Å²) in [4.78, 5) is 16.2. The molecule has 4 aromatic heterocycles. The first kappa shape index (κ1) is 32.1. The summed E-state index contributed by atoms with van der Waals surface area (Å²) in [6.45, 7) is 6.28. The molecule has 0 radical (unpaired) electrons. The highest BCUT2D eigenvalue weighted by Crippen LogP contribution is 2.35. The maximum absolute atomic E-state index is 9.67. The fraction of sp³-hybridized carbons (Fsp3) is 0.412. The van der Waals surface area contributed by atoms with Gasteiger partial charge < -0.3 is 19.5 Å². The molecule has 15 nitrogen and oxygen atoms in total. The first-order chi connectivity index (χ1) is 24.1. The second-order valence-electron chi connectivity index (χ2n) is 12.3. The Morgan fingerprint density at radius 3 is 2.57 bits per heavy atom. The highest BCUT2D eigenvalue weighted by Gasteiger charge is 2.29. The number of morpholine rings is 1. The van der Waals surface area contributed by atoms with E-state index >= 15 is 0 Å². The number of pyridine rings is 1. The Labute approximate surface area is 283 Å². The molecule has 1 saturated carbocycles. The van der Waals surface area contributed by atoms with E-state index in [0.29, 0.717) is 41.4 Å². The molecule has 1 atom stereocenters. The van der Waals surface area contributed by atoms with Gasteiger partial charge in [0.15, 0.2) is 0 Å². The van der Waals surface area contributed by atoms with Crippen LogP contribution in [-0.2, 0) is 17.9 Å². The Balaban J connectivity index is 1.05. The quantitative estimate of drug-likeness (QED) is 0.202. The lowest BCUT2D eigenvalue weighted by Gasteiger charge is -2.38. The lowest BCUT2D eigenvalue weighted by Crippen LogP contribution is -2.45. The van der Waals surface area contributed by atoms with Crippen LogP contribution in [0.2, 0.25) is 0 Å². The zero-order valence-electron chi connectivity index (χ0n) is 27.3. The number of nitrogens with zero attached hydrogens (tertiary/aromatic N) is 11. The minimum atomic E-state index is -0.275. The molecule has 1 N–H and O–H groups in total. The molecular weight excluding hydrogens is 624 g/mol. The number of rotatable bonds is 12. The van der Waals surface area contributed by atoms with E-state index in [-0.39, 0.29) is 18.8 Å². The third-order valence-electron chi connectivity index (χ3n) is 8.88. The summed E-state index contributed by atoms with van der Waals surface area (Å²) in [6.07, 6.45) is 12.8. The Morgan fingerprint density at radius 1 is 1.02 bits per heavy atom. The zero-order valence-corrected chi connectivity index (χ0v) is 27.3. The first-order valence-corrected chi connectivity index (χ1v) is 16.6. The van der Waals surface area contributed by atoms with Crippen LogP contribution in [0.1, 0.15) is 49.9 Å². The average molecular weight is 663 g/mol. The van der Waals surface area contributed by atoms with Crippen LogP contribution in [0.3, 0.4) is 0 Å². The minimum absolute atomic E-state index is 0.275. The molecule has 0 spiro atoms. The summed E-state index contributed by atoms with van der Waals surface area (Å²) in [7, 11) is 0. The molecule has 1 aliphatic carbocycles. The van der Waals surface area contributed by atoms with Crippen LogP contribution in [0, 0.1) is 11.3 Å². The Kier molecular flexibility index (Phi) is 9.95. The minimum Gasteiger partial charge on any atom is -0.487 e. The molecule has 1 aliphatic heterocycles. The van der Waals surface area contributed by atoms with Gasteiger partial charge >= 0.3 is 0 Å². The predicted molar refractivity (Wildman–Crippen MR) is 178 cm³/mol. The van der Waals surface area contributed by atoms with E-state index in [2.05, 4.69) is 46.8 Å². The fourth-order valence-electron chi connectivity index (χ4n) is 6.35. The van der Waals surface area contributed by atoms with E-state index in [4.69, 9.17) is 19.3 Å². The van der Waals surface area contributed by atoms with Crippen LogP contribution in [0.4, 0.5) is 11.6 Å². The number of tetrazole rings is 1. The fourth-order valence-corrected chi connectivity index (χ4v) is 6.35. The monoisotopic (exact) mass is 662 g/mol. The van der Waals surface area contributed by atoms with Gasteiger partial charge in [-0.15, -0.1) is 10.2 Å². The van der Waals surface area contributed by atoms with Crippen molar-refractivity contribution in [3.8, 4) is 28.8 Å². The molecular formula is C34H38N12O3. The zero-order chi connectivity index (χ0) is 33.4. The van der Waals surface area contributed by atoms with Gasteiger partial charge in [0, 0.05) is 43.3 Å². The third kappa shape index (κ3) is 7.99. The van der Waals surface area contributed by atoms with Crippen molar-refractivity contribution < 1.29 is 14.2 Å². The van der Waals surface area contributed by atoms with E-state index in [0.717, 1.165) is 68.8 Å². The smallest absolute Gasteiger partial charge is 0.257 e. The number of aromatic nitrogens is 9. The summed E-state index contributed by atoms with van der Waals surface area (Å²) >= 11 is 0. The molecule has 1 aromatic carbocycles. The number of anilines is 2. The van der Waals surface area contributed by atoms with Crippen molar-refractivity contribution in [1.82, 2.24) is 49.8 Å². The number of benzene rings is 1. The van der Waals surface area contributed by atoms with Crippen molar-refractivity contribution in [2.75, 3.05) is 31.6 Å². The second-order valence-corrected chi connectivity index (χ2v) is 12.3. The molecule has 1 saturated heterocycles. The maximum atomic E-state index is 9.67. The molecule has 15 heteroatoms. The van der Waals surface area contributed by atoms with E-state index in [1.165, 1.54) is 6.33 Å². The Hall–Kier alpha value is -5.46. The van der Waals surface area contributed by atoms with Crippen LogP contribution in [-0.4, -0.2) is 88.3 Å². The number of hydrogen-bond acceptors (Lipinski definition) is 13. The lowest BCUT2D eigenvalue weighted by atomic mass is 9.90. The SMILES string of the molecule is C[C@@H](Cn1cnnn1)Oc1cc(-c2cnc(Nc3cn([C@H]4CC[C@H](N5CCOCC5)CC4)nc3OCc3ccccn3)nc2)ccc1C#N. The summed E-state index contributed by atoms with van der Waals surface area (Å²) in [5.74, 6) is 1.34. The molecule has 5 heterocycles. The van der Waals surface area contributed by atoms with Crippen LogP contribution in [0.15, 0.2) is 67.5 Å². The van der Waals surface area contributed by atoms with Crippen molar-refractivity contribution in [2.45, 2.75) is 63.9 Å². The first-order valence-electron chi connectivity index (χ1n) is 16.6. The molecule has 252 valence electrons. The van der Waals surface area contributed by atoms with Gasteiger partial charge in [0.25, 0.3) is 5.88 Å². The van der Waals surface area contributed by atoms with Gasteiger partial charge in [-0.25, -0.2) is 14.6 Å². The third-order valence-corrected chi connectivity index (χ3v) is 8.88. The van der Waals surface area contributed by atoms with Gasteiger partial charge in [-0.1, -0.05) is 12.1 Å². The maximum Gasteiger partial charge on any atom is 0.257 e. The van der Waals surface area contributed by atoms with Crippen LogP contribution < -0.4 is 14.8 Å². The van der Waals surface area contributed by atoms with E-state index in [1.807, 2.05) is 48.1 Å². The van der Waals surface area contributed by atoms with E-state index in [1.54, 1.807) is 29.3 Å². The molecule has 0 bridgehead atoms. The van der Waals surface area contributed by atoms with Crippen molar-refractivity contribution in [1.29, 1.82) is 5.26 Å². The second kappa shape index (κ2) is 15.2. The Bertz CT molecular complexity index is 1830. The summed E-state index contributed by atoms with van der Waals surface area (Å²) in [5.41, 5.74) is 3.51. The number of ether oxygens (including phenoxy) is 3. The molecule has 5 aromatic rings. The molecule has 0 unspecified atom stereocenters. The van der Waals surface area contributed by atoms with Crippen LogP contribution >= 0.6 is 0 Å². The largest absolute Gasteiger partial charge is 0.487 e. The highest BCUT2D eigenvalue weighted by molar-refractivity contribution is 5.67. The molecule has 7 rings (SSSR count). The van der Waals surface area contributed by atoms with Crippen molar-refractivity contribution in [3.05, 3.63) is 78.8 Å². The lowest BCUT2D eigenvalue weighted by molar-refractivity contribution is 0.00502. The van der Waals surface area contributed by atoms with Gasteiger partial charge in [0.1, 0.15) is 36.5 Å². The average Bonchev–Trinajstić information content (AvgIpc) is 3.82. The topological polar surface area (TPSA) is 167 Å². The Morgan fingerprint density at radius 2 is 1.84 bits per heavy atom. The number of hydrogen-bond donors (Lipinski definition) is 1. The summed E-state index contributed by atoms with van der Waals surface area (Å²) in [5, 5.41) is 29.1. The highest BCUT2D eigenvalue weighted by atomic mass is 16.5. The molecule has 2 fully saturated rings.